The van der Waals surface area contributed by atoms with Crippen molar-refractivity contribution in [3.63, 3.8) is 0 Å². The Morgan fingerprint density at radius 2 is 1.60 bits per heavy atom. The number of hydrogen-bond donors (Lipinski definition) is 2. The van der Waals surface area contributed by atoms with Gasteiger partial charge < -0.3 is 14.8 Å². The van der Waals surface area contributed by atoms with E-state index in [1.54, 1.807) is 30.3 Å². The lowest BCUT2D eigenvalue weighted by Gasteiger charge is -2.13. The number of rotatable bonds is 7. The van der Waals surface area contributed by atoms with Gasteiger partial charge in [-0.3, -0.25) is 10.1 Å². The Kier molecular flexibility index (Phi) is 7.65. The molecule has 0 radical (unpaired) electrons. The molecule has 3 aromatic carbocycles. The fourth-order valence-electron chi connectivity index (χ4n) is 2.63. The lowest BCUT2D eigenvalue weighted by Crippen LogP contribution is -2.34. The number of benzene rings is 3. The van der Waals surface area contributed by atoms with Crippen LogP contribution in [0.5, 0.6) is 11.5 Å². The van der Waals surface area contributed by atoms with E-state index in [-0.39, 0.29) is 11.0 Å². The van der Waals surface area contributed by atoms with Crippen LogP contribution >= 0.6 is 23.8 Å². The molecule has 0 aliphatic heterocycles. The molecule has 0 unspecified atom stereocenters. The van der Waals surface area contributed by atoms with Crippen molar-refractivity contribution in [3.05, 3.63) is 88.9 Å². The third-order valence-corrected chi connectivity index (χ3v) is 4.82. The summed E-state index contributed by atoms with van der Waals surface area (Å²) in [7, 11) is 0. The molecule has 0 aliphatic rings. The number of nitrogens with one attached hydrogen (secondary N) is 2. The molecule has 0 saturated carbocycles. The summed E-state index contributed by atoms with van der Waals surface area (Å²) in [6.45, 7) is 2.62. The van der Waals surface area contributed by atoms with Crippen LogP contribution in [0.2, 0.25) is 5.02 Å². The third-order valence-electron chi connectivity index (χ3n) is 4.20. The highest BCUT2D eigenvalue weighted by atomic mass is 35.5. The molecule has 0 heterocycles. The van der Waals surface area contributed by atoms with Crippen molar-refractivity contribution in [1.82, 2.24) is 5.32 Å². The second kappa shape index (κ2) is 10.6. The summed E-state index contributed by atoms with van der Waals surface area (Å²) in [5.74, 6) is 1.02. The van der Waals surface area contributed by atoms with Crippen LogP contribution in [-0.2, 0) is 0 Å². The predicted octanol–water partition coefficient (Wildman–Crippen LogP) is 5.23. The molecule has 2 N–H and O–H groups in total. The number of carbonyl (C=O) groups is 1. The van der Waals surface area contributed by atoms with E-state index in [0.717, 1.165) is 17.0 Å². The predicted molar refractivity (Wildman–Crippen MR) is 124 cm³/mol. The standard InChI is InChI=1S/C23H21ClN2O3S/c1-16-20(24)11-6-12-21(16)25-23(30)26-22(27)17-7-5-10-19(15-17)29-14-13-28-18-8-3-2-4-9-18/h2-12,15H,13-14H2,1H3,(H2,25,26,27,30). The van der Waals surface area contributed by atoms with Crippen LogP contribution in [0.1, 0.15) is 15.9 Å². The number of carbonyl (C=O) groups excluding carboxylic acids is 1. The highest BCUT2D eigenvalue weighted by Crippen LogP contribution is 2.22. The van der Waals surface area contributed by atoms with E-state index in [1.165, 1.54) is 0 Å². The average Bonchev–Trinajstić information content (AvgIpc) is 2.75. The third kappa shape index (κ3) is 6.20. The van der Waals surface area contributed by atoms with Crippen LogP contribution in [0, 0.1) is 6.92 Å². The lowest BCUT2D eigenvalue weighted by atomic mass is 10.2. The van der Waals surface area contributed by atoms with Gasteiger partial charge in [0.05, 0.1) is 0 Å². The van der Waals surface area contributed by atoms with Crippen molar-refractivity contribution in [2.45, 2.75) is 6.92 Å². The Bertz CT molecular complexity index is 1030. The van der Waals surface area contributed by atoms with E-state index in [0.29, 0.717) is 29.5 Å². The number of amides is 1. The highest BCUT2D eigenvalue weighted by molar-refractivity contribution is 7.80. The molecule has 0 saturated heterocycles. The summed E-state index contributed by atoms with van der Waals surface area (Å²) in [6.07, 6.45) is 0. The molecule has 0 spiro atoms. The van der Waals surface area contributed by atoms with Gasteiger partial charge in [-0.2, -0.15) is 0 Å². The minimum Gasteiger partial charge on any atom is -0.490 e. The normalized spacial score (nSPS) is 10.2. The largest absolute Gasteiger partial charge is 0.490 e. The van der Waals surface area contributed by atoms with Crippen LogP contribution in [0.4, 0.5) is 5.69 Å². The molecule has 3 rings (SSSR count). The summed E-state index contributed by atoms with van der Waals surface area (Å²) < 4.78 is 11.3. The van der Waals surface area contributed by atoms with Crippen molar-refractivity contribution < 1.29 is 14.3 Å². The fourth-order valence-corrected chi connectivity index (χ4v) is 3.01. The Hall–Kier alpha value is -3.09. The number of ether oxygens (including phenoxy) is 2. The molecule has 7 heteroatoms. The van der Waals surface area contributed by atoms with Gasteiger partial charge in [-0.1, -0.05) is 41.9 Å². The van der Waals surface area contributed by atoms with E-state index in [4.69, 9.17) is 33.3 Å². The van der Waals surface area contributed by atoms with Crippen LogP contribution in [0.15, 0.2) is 72.8 Å². The molecule has 1 amide bonds. The summed E-state index contributed by atoms with van der Waals surface area (Å²) in [4.78, 5) is 12.5. The summed E-state index contributed by atoms with van der Waals surface area (Å²) in [5, 5.41) is 6.46. The van der Waals surface area contributed by atoms with Gasteiger partial charge in [0.1, 0.15) is 24.7 Å². The first kappa shape index (κ1) is 21.6. The maximum Gasteiger partial charge on any atom is 0.257 e. The van der Waals surface area contributed by atoms with Gasteiger partial charge in [0.15, 0.2) is 5.11 Å². The van der Waals surface area contributed by atoms with Gasteiger partial charge >= 0.3 is 0 Å². The molecule has 154 valence electrons. The number of para-hydroxylation sites is 1. The second-order valence-electron chi connectivity index (χ2n) is 6.36. The summed E-state index contributed by atoms with van der Waals surface area (Å²) >= 11 is 11.4. The zero-order valence-electron chi connectivity index (χ0n) is 16.4. The van der Waals surface area contributed by atoms with E-state index in [2.05, 4.69) is 10.6 Å². The number of halogens is 1. The van der Waals surface area contributed by atoms with Crippen molar-refractivity contribution in [1.29, 1.82) is 0 Å². The Morgan fingerprint density at radius 1 is 0.933 bits per heavy atom. The molecule has 5 nitrogen and oxygen atoms in total. The summed E-state index contributed by atoms with van der Waals surface area (Å²) in [5.41, 5.74) is 2.02. The Labute approximate surface area is 186 Å². The van der Waals surface area contributed by atoms with Crippen molar-refractivity contribution in [3.8, 4) is 11.5 Å². The van der Waals surface area contributed by atoms with E-state index >= 15 is 0 Å². The zero-order valence-corrected chi connectivity index (χ0v) is 17.9. The Morgan fingerprint density at radius 3 is 2.37 bits per heavy atom. The molecular weight excluding hydrogens is 420 g/mol. The molecule has 0 aromatic heterocycles. The van der Waals surface area contributed by atoms with Crippen LogP contribution in [-0.4, -0.2) is 24.2 Å². The topological polar surface area (TPSA) is 59.6 Å². The highest BCUT2D eigenvalue weighted by Gasteiger charge is 2.10. The van der Waals surface area contributed by atoms with E-state index in [9.17, 15) is 4.79 Å². The number of thiocarbonyl (C=S) groups is 1. The van der Waals surface area contributed by atoms with Crippen LogP contribution in [0.3, 0.4) is 0 Å². The molecular formula is C23H21ClN2O3S. The quantitative estimate of drug-likeness (QED) is 0.389. The minimum atomic E-state index is -0.335. The van der Waals surface area contributed by atoms with Gasteiger partial charge in [0, 0.05) is 16.3 Å². The lowest BCUT2D eigenvalue weighted by molar-refractivity contribution is 0.0977. The summed E-state index contributed by atoms with van der Waals surface area (Å²) in [6, 6.07) is 21.8. The smallest absolute Gasteiger partial charge is 0.257 e. The van der Waals surface area contributed by atoms with Gasteiger partial charge in [-0.25, -0.2) is 0 Å². The number of hydrogen-bond acceptors (Lipinski definition) is 4. The van der Waals surface area contributed by atoms with Gasteiger partial charge in [0.25, 0.3) is 5.91 Å². The van der Waals surface area contributed by atoms with Crippen molar-refractivity contribution in [2.75, 3.05) is 18.5 Å². The first-order valence-corrected chi connectivity index (χ1v) is 10.1. The SMILES string of the molecule is Cc1c(Cl)cccc1NC(=S)NC(=O)c1cccc(OCCOc2ccccc2)c1. The van der Waals surface area contributed by atoms with Gasteiger partial charge in [-0.15, -0.1) is 0 Å². The first-order valence-electron chi connectivity index (χ1n) is 9.31. The first-order chi connectivity index (χ1) is 14.5. The van der Waals surface area contributed by atoms with Crippen molar-refractivity contribution >= 4 is 40.5 Å². The molecule has 0 fully saturated rings. The fraction of sp³-hybridized carbons (Fsp3) is 0.130. The maximum absolute atomic E-state index is 12.5. The molecule has 0 aliphatic carbocycles. The van der Waals surface area contributed by atoms with Gasteiger partial charge in [-0.05, 0) is 67.2 Å². The number of anilines is 1. The molecule has 3 aromatic rings. The van der Waals surface area contributed by atoms with Crippen LogP contribution in [0.25, 0.3) is 0 Å². The monoisotopic (exact) mass is 440 g/mol. The van der Waals surface area contributed by atoms with Gasteiger partial charge in [0.2, 0.25) is 0 Å². The second-order valence-corrected chi connectivity index (χ2v) is 7.17. The molecule has 0 bridgehead atoms. The maximum atomic E-state index is 12.5. The minimum absolute atomic E-state index is 0.188. The molecule has 0 atom stereocenters. The van der Waals surface area contributed by atoms with Crippen LogP contribution < -0.4 is 20.1 Å². The average molecular weight is 441 g/mol. The van der Waals surface area contributed by atoms with E-state index in [1.807, 2.05) is 49.4 Å². The Balaban J connectivity index is 1.51. The zero-order chi connectivity index (χ0) is 21.3. The van der Waals surface area contributed by atoms with Crippen molar-refractivity contribution in [2.24, 2.45) is 0 Å². The van der Waals surface area contributed by atoms with E-state index < -0.39 is 0 Å². The molecule has 30 heavy (non-hydrogen) atoms.